The van der Waals surface area contributed by atoms with Gasteiger partial charge in [-0.05, 0) is 57.4 Å². The lowest BCUT2D eigenvalue weighted by atomic mass is 9.96. The van der Waals surface area contributed by atoms with E-state index >= 15 is 0 Å². The molecule has 0 aromatic heterocycles. The molecule has 2 N–H and O–H groups in total. The van der Waals surface area contributed by atoms with Gasteiger partial charge in [0.05, 0.1) is 18.8 Å². The summed E-state index contributed by atoms with van der Waals surface area (Å²) in [6.45, 7) is 6.01. The minimum Gasteiger partial charge on any atom is -0.497 e. The molecule has 0 fully saturated rings. The first-order valence-corrected chi connectivity index (χ1v) is 7.25. The van der Waals surface area contributed by atoms with Crippen molar-refractivity contribution in [3.8, 4) is 5.75 Å². The normalized spacial score (nSPS) is 18.1. The first kappa shape index (κ1) is 15.6. The molecule has 1 aromatic rings. The van der Waals surface area contributed by atoms with Gasteiger partial charge in [0.1, 0.15) is 11.4 Å². The summed E-state index contributed by atoms with van der Waals surface area (Å²) in [6.07, 6.45) is 1.37. The van der Waals surface area contributed by atoms with Gasteiger partial charge in [0.15, 0.2) is 0 Å². The van der Waals surface area contributed by atoms with Gasteiger partial charge in [-0.2, -0.15) is 0 Å². The number of nitrogens with two attached hydrogens (primary N) is 1. The smallest absolute Gasteiger partial charge is 0.415 e. The molecule has 0 bridgehead atoms. The zero-order valence-corrected chi connectivity index (χ0v) is 13.2. The molecule has 1 aromatic carbocycles. The first-order valence-electron chi connectivity index (χ1n) is 7.25. The fourth-order valence-electron chi connectivity index (χ4n) is 2.55. The summed E-state index contributed by atoms with van der Waals surface area (Å²) in [5, 5.41) is 0. The van der Waals surface area contributed by atoms with E-state index in [2.05, 4.69) is 0 Å². The molecular formula is C16H24N2O3. The maximum atomic E-state index is 12.5. The number of carbonyl (C=O) groups excluding carboxylic acids is 1. The van der Waals surface area contributed by atoms with Gasteiger partial charge in [0.25, 0.3) is 0 Å². The SMILES string of the molecule is COc1ccc2c(c1)CCC(CN)N2C(=O)OC(C)(C)C. The minimum absolute atomic E-state index is 0.0271. The highest BCUT2D eigenvalue weighted by molar-refractivity contribution is 5.90. The van der Waals surface area contributed by atoms with E-state index in [-0.39, 0.29) is 12.1 Å². The van der Waals surface area contributed by atoms with Crippen molar-refractivity contribution in [1.29, 1.82) is 0 Å². The average Bonchev–Trinajstić information content (AvgIpc) is 2.43. The number of anilines is 1. The van der Waals surface area contributed by atoms with Gasteiger partial charge >= 0.3 is 6.09 Å². The standard InChI is InChI=1S/C16H24N2O3/c1-16(2,3)21-15(19)18-12(10-17)6-5-11-9-13(20-4)7-8-14(11)18/h7-9,12H,5-6,10,17H2,1-4H3. The molecule has 0 spiro atoms. The number of rotatable bonds is 2. The molecule has 1 heterocycles. The van der Waals surface area contributed by atoms with Gasteiger partial charge < -0.3 is 15.2 Å². The monoisotopic (exact) mass is 292 g/mol. The molecule has 116 valence electrons. The van der Waals surface area contributed by atoms with Crippen LogP contribution in [-0.4, -0.2) is 31.4 Å². The van der Waals surface area contributed by atoms with Crippen LogP contribution in [0.5, 0.6) is 5.75 Å². The minimum atomic E-state index is -0.527. The second kappa shape index (κ2) is 5.93. The lowest BCUT2D eigenvalue weighted by Crippen LogP contribution is -2.49. The molecule has 1 atom stereocenters. The van der Waals surface area contributed by atoms with Crippen molar-refractivity contribution in [2.75, 3.05) is 18.6 Å². The van der Waals surface area contributed by atoms with Crippen LogP contribution < -0.4 is 15.4 Å². The number of methoxy groups -OCH3 is 1. The van der Waals surface area contributed by atoms with E-state index in [9.17, 15) is 4.79 Å². The first-order chi connectivity index (χ1) is 9.85. The molecule has 0 saturated carbocycles. The average molecular weight is 292 g/mol. The lowest BCUT2D eigenvalue weighted by molar-refractivity contribution is 0.0561. The number of fused-ring (bicyclic) bond motifs is 1. The summed E-state index contributed by atoms with van der Waals surface area (Å²) in [5.41, 5.74) is 7.26. The molecule has 1 amide bonds. The van der Waals surface area contributed by atoms with Crippen molar-refractivity contribution < 1.29 is 14.3 Å². The highest BCUT2D eigenvalue weighted by atomic mass is 16.6. The predicted octanol–water partition coefficient (Wildman–Crippen LogP) is 2.71. The van der Waals surface area contributed by atoms with Crippen molar-refractivity contribution in [3.05, 3.63) is 23.8 Å². The Morgan fingerprint density at radius 1 is 1.43 bits per heavy atom. The number of carbonyl (C=O) groups is 1. The second-order valence-corrected chi connectivity index (χ2v) is 6.27. The predicted molar refractivity (Wildman–Crippen MR) is 82.9 cm³/mol. The van der Waals surface area contributed by atoms with E-state index in [1.54, 1.807) is 12.0 Å². The van der Waals surface area contributed by atoms with Crippen LogP contribution in [0.3, 0.4) is 0 Å². The molecule has 21 heavy (non-hydrogen) atoms. The van der Waals surface area contributed by atoms with Gasteiger partial charge in [0, 0.05) is 6.54 Å². The summed E-state index contributed by atoms with van der Waals surface area (Å²) >= 11 is 0. The van der Waals surface area contributed by atoms with Crippen LogP contribution in [0.25, 0.3) is 0 Å². The Labute approximate surface area is 126 Å². The number of hydrogen-bond acceptors (Lipinski definition) is 4. The highest BCUT2D eigenvalue weighted by Crippen LogP contribution is 2.34. The Kier molecular flexibility index (Phi) is 4.42. The van der Waals surface area contributed by atoms with Crippen molar-refractivity contribution >= 4 is 11.8 Å². The van der Waals surface area contributed by atoms with Crippen molar-refractivity contribution in [3.63, 3.8) is 0 Å². The van der Waals surface area contributed by atoms with Gasteiger partial charge in [-0.3, -0.25) is 4.90 Å². The largest absolute Gasteiger partial charge is 0.497 e. The van der Waals surface area contributed by atoms with Gasteiger partial charge in [0.2, 0.25) is 0 Å². The number of hydrogen-bond donors (Lipinski definition) is 1. The quantitative estimate of drug-likeness (QED) is 0.910. The fraction of sp³-hybridized carbons (Fsp3) is 0.562. The molecule has 5 nitrogen and oxygen atoms in total. The molecule has 1 aliphatic rings. The third kappa shape index (κ3) is 3.47. The summed E-state index contributed by atoms with van der Waals surface area (Å²) in [5.74, 6) is 0.795. The number of aryl methyl sites for hydroxylation is 1. The molecule has 0 aliphatic carbocycles. The van der Waals surface area contributed by atoms with Crippen LogP contribution in [0.4, 0.5) is 10.5 Å². The Morgan fingerprint density at radius 3 is 2.71 bits per heavy atom. The van der Waals surface area contributed by atoms with E-state index < -0.39 is 5.60 Å². The topological polar surface area (TPSA) is 64.8 Å². The van der Waals surface area contributed by atoms with Crippen molar-refractivity contribution in [1.82, 2.24) is 0 Å². The Morgan fingerprint density at radius 2 is 2.14 bits per heavy atom. The number of benzene rings is 1. The van der Waals surface area contributed by atoms with Gasteiger partial charge in [-0.1, -0.05) is 0 Å². The molecule has 0 saturated heterocycles. The van der Waals surface area contributed by atoms with Crippen LogP contribution in [0.15, 0.2) is 18.2 Å². The second-order valence-electron chi connectivity index (χ2n) is 6.27. The van der Waals surface area contributed by atoms with Crippen LogP contribution in [0.2, 0.25) is 0 Å². The number of amides is 1. The maximum Gasteiger partial charge on any atom is 0.415 e. The van der Waals surface area contributed by atoms with E-state index in [1.165, 1.54) is 0 Å². The summed E-state index contributed by atoms with van der Waals surface area (Å²) < 4.78 is 10.8. The lowest BCUT2D eigenvalue weighted by Gasteiger charge is -2.37. The van der Waals surface area contributed by atoms with Crippen molar-refractivity contribution in [2.24, 2.45) is 5.73 Å². The Hall–Kier alpha value is -1.75. The molecule has 0 radical (unpaired) electrons. The van der Waals surface area contributed by atoms with Crippen LogP contribution in [0, 0.1) is 0 Å². The number of ether oxygens (including phenoxy) is 2. The Bertz CT molecular complexity index is 523. The number of nitrogens with zero attached hydrogens (tertiary/aromatic N) is 1. The van der Waals surface area contributed by atoms with E-state index in [4.69, 9.17) is 15.2 Å². The van der Waals surface area contributed by atoms with Crippen molar-refractivity contribution in [2.45, 2.75) is 45.3 Å². The molecular weight excluding hydrogens is 268 g/mol. The van der Waals surface area contributed by atoms with Crippen LogP contribution in [-0.2, 0) is 11.2 Å². The van der Waals surface area contributed by atoms with E-state index in [0.717, 1.165) is 29.8 Å². The van der Waals surface area contributed by atoms with Crippen LogP contribution in [0.1, 0.15) is 32.8 Å². The van der Waals surface area contributed by atoms with Gasteiger partial charge in [-0.15, -0.1) is 0 Å². The zero-order valence-electron chi connectivity index (χ0n) is 13.2. The summed E-state index contributed by atoms with van der Waals surface area (Å²) in [7, 11) is 1.64. The highest BCUT2D eigenvalue weighted by Gasteiger charge is 2.33. The van der Waals surface area contributed by atoms with Gasteiger partial charge in [-0.25, -0.2) is 4.79 Å². The van der Waals surface area contributed by atoms with E-state index in [1.807, 2.05) is 39.0 Å². The molecule has 1 aliphatic heterocycles. The third-order valence-electron chi connectivity index (χ3n) is 3.52. The Balaban J connectivity index is 2.35. The molecule has 5 heteroatoms. The van der Waals surface area contributed by atoms with E-state index in [0.29, 0.717) is 6.54 Å². The molecule has 1 unspecified atom stereocenters. The maximum absolute atomic E-state index is 12.5. The molecule has 2 rings (SSSR count). The summed E-state index contributed by atoms with van der Waals surface area (Å²) in [4.78, 5) is 14.2. The zero-order chi connectivity index (χ0) is 15.6. The third-order valence-corrected chi connectivity index (χ3v) is 3.52. The summed E-state index contributed by atoms with van der Waals surface area (Å²) in [6, 6.07) is 5.70. The fourth-order valence-corrected chi connectivity index (χ4v) is 2.55. The van der Waals surface area contributed by atoms with Crippen LogP contribution >= 0.6 is 0 Å².